The van der Waals surface area contributed by atoms with Gasteiger partial charge in [0.2, 0.25) is 0 Å². The van der Waals surface area contributed by atoms with Crippen molar-refractivity contribution in [2.75, 3.05) is 6.61 Å². The van der Waals surface area contributed by atoms with E-state index in [2.05, 4.69) is 11.5 Å². The molecule has 1 aromatic carbocycles. The van der Waals surface area contributed by atoms with Crippen LogP contribution in [0.1, 0.15) is 18.2 Å². The highest BCUT2D eigenvalue weighted by Gasteiger charge is 2.35. The smallest absolute Gasteiger partial charge is 0.431 e. The third-order valence-electron chi connectivity index (χ3n) is 3.77. The summed E-state index contributed by atoms with van der Waals surface area (Å²) in [4.78, 5) is 24.7. The minimum atomic E-state index is -4.91. The van der Waals surface area contributed by atoms with Crippen LogP contribution in [0.5, 0.6) is 5.75 Å². The summed E-state index contributed by atoms with van der Waals surface area (Å²) < 4.78 is 59.8. The van der Waals surface area contributed by atoms with Crippen LogP contribution < -0.4 is 16.0 Å². The maximum Gasteiger partial charge on any atom is 0.431 e. The third-order valence-corrected chi connectivity index (χ3v) is 4.65. The van der Waals surface area contributed by atoms with Crippen molar-refractivity contribution < 1.29 is 22.3 Å². The molecule has 5 nitrogen and oxygen atoms in total. The van der Waals surface area contributed by atoms with Crippen molar-refractivity contribution in [2.24, 2.45) is 7.05 Å². The Balaban J connectivity index is 2.78. The van der Waals surface area contributed by atoms with Gasteiger partial charge in [-0.15, -0.1) is 5.54 Å². The first-order valence-corrected chi connectivity index (χ1v) is 12.2. The van der Waals surface area contributed by atoms with Gasteiger partial charge in [0.1, 0.15) is 25.3 Å². The average molecular weight is 428 g/mol. The summed E-state index contributed by atoms with van der Waals surface area (Å²) in [5.74, 6) is 2.00. The number of rotatable bonds is 3. The molecule has 0 fully saturated rings. The van der Waals surface area contributed by atoms with Crippen molar-refractivity contribution in [3.8, 4) is 22.9 Å². The van der Waals surface area contributed by atoms with Crippen LogP contribution in [-0.2, 0) is 13.2 Å². The molecule has 0 amide bonds. The molecule has 0 unspecified atom stereocenters. The van der Waals surface area contributed by atoms with Crippen LogP contribution in [0.25, 0.3) is 5.69 Å². The number of halogens is 4. The largest absolute Gasteiger partial charge is 0.492 e. The van der Waals surface area contributed by atoms with Crippen LogP contribution in [0.15, 0.2) is 27.8 Å². The highest BCUT2D eigenvalue weighted by Crippen LogP contribution is 2.28. The van der Waals surface area contributed by atoms with Crippen molar-refractivity contribution in [2.45, 2.75) is 32.7 Å². The average Bonchev–Trinajstić information content (AvgIpc) is 2.57. The molecule has 2 rings (SSSR count). The highest BCUT2D eigenvalue weighted by molar-refractivity contribution is 6.83. The number of nitrogens with zero attached hydrogens (tertiary/aromatic N) is 2. The quantitative estimate of drug-likeness (QED) is 0.428. The van der Waals surface area contributed by atoms with Gasteiger partial charge in [-0.3, -0.25) is 9.36 Å². The van der Waals surface area contributed by atoms with Crippen molar-refractivity contribution in [3.05, 3.63) is 56.1 Å². The first kappa shape index (κ1) is 22.5. The zero-order chi connectivity index (χ0) is 22.1. The molecular formula is C19H20F4N2O3Si. The standard InChI is InChI=1S/C19H20F4N2O3Si/c1-6-28-15-10-14(13(20)9-12(15)7-8-29(3,4)5)25-17(26)11-16(19(21,22)23)24(2)18(25)27/h9-11H,6H2,1-5H3. The number of hydrogen-bond acceptors (Lipinski definition) is 3. The second kappa shape index (κ2) is 7.91. The number of aromatic nitrogens is 2. The van der Waals surface area contributed by atoms with Crippen molar-refractivity contribution in [1.82, 2.24) is 9.13 Å². The van der Waals surface area contributed by atoms with Crippen LogP contribution in [-0.4, -0.2) is 23.8 Å². The lowest BCUT2D eigenvalue weighted by atomic mass is 10.1. The van der Waals surface area contributed by atoms with Crippen molar-refractivity contribution >= 4 is 8.07 Å². The Morgan fingerprint density at radius 3 is 2.28 bits per heavy atom. The molecule has 1 heterocycles. The van der Waals surface area contributed by atoms with Crippen molar-refractivity contribution in [3.63, 3.8) is 0 Å². The lowest BCUT2D eigenvalue weighted by Crippen LogP contribution is -2.41. The highest BCUT2D eigenvalue weighted by atomic mass is 28.3. The molecule has 0 radical (unpaired) electrons. The molecule has 0 saturated heterocycles. The van der Waals surface area contributed by atoms with Gasteiger partial charge in [0, 0.05) is 19.2 Å². The monoisotopic (exact) mass is 428 g/mol. The van der Waals surface area contributed by atoms with Crippen LogP contribution in [0.4, 0.5) is 17.6 Å². The molecule has 2 aromatic rings. The first-order chi connectivity index (χ1) is 13.3. The van der Waals surface area contributed by atoms with E-state index in [0.717, 1.165) is 19.2 Å². The number of ether oxygens (including phenoxy) is 1. The van der Waals surface area contributed by atoms with E-state index < -0.39 is 42.7 Å². The van der Waals surface area contributed by atoms with Gasteiger partial charge >= 0.3 is 11.9 Å². The molecule has 0 aliphatic heterocycles. The lowest BCUT2D eigenvalue weighted by molar-refractivity contribution is -0.144. The Morgan fingerprint density at radius 1 is 1.14 bits per heavy atom. The fourth-order valence-corrected chi connectivity index (χ4v) is 2.97. The molecule has 10 heteroatoms. The second-order valence-electron chi connectivity index (χ2n) is 7.28. The summed E-state index contributed by atoms with van der Waals surface area (Å²) in [7, 11) is -0.927. The molecule has 0 aliphatic rings. The van der Waals surface area contributed by atoms with Gasteiger partial charge in [0.25, 0.3) is 5.56 Å². The number of hydrogen-bond donors (Lipinski definition) is 0. The summed E-state index contributed by atoms with van der Waals surface area (Å²) in [5.41, 5.74) is -1.27. The predicted molar refractivity (Wildman–Crippen MR) is 104 cm³/mol. The van der Waals surface area contributed by atoms with E-state index in [-0.39, 0.29) is 28.6 Å². The second-order valence-corrected chi connectivity index (χ2v) is 12.0. The molecule has 29 heavy (non-hydrogen) atoms. The van der Waals surface area contributed by atoms with Gasteiger partial charge in [-0.25, -0.2) is 13.8 Å². The zero-order valence-electron chi connectivity index (χ0n) is 16.6. The van der Waals surface area contributed by atoms with E-state index >= 15 is 0 Å². The van der Waals surface area contributed by atoms with Gasteiger partial charge in [-0.1, -0.05) is 25.6 Å². The fourth-order valence-electron chi connectivity index (χ4n) is 2.46. The summed E-state index contributed by atoms with van der Waals surface area (Å²) in [6.45, 7) is 7.87. The van der Waals surface area contributed by atoms with Crippen LogP contribution in [0.3, 0.4) is 0 Å². The van der Waals surface area contributed by atoms with E-state index in [1.54, 1.807) is 6.92 Å². The number of alkyl halides is 3. The molecule has 0 saturated carbocycles. The van der Waals surface area contributed by atoms with E-state index in [1.807, 2.05) is 19.6 Å². The first-order valence-electron chi connectivity index (χ1n) is 8.66. The summed E-state index contributed by atoms with van der Waals surface area (Å²) in [5, 5.41) is 0. The van der Waals surface area contributed by atoms with Gasteiger partial charge < -0.3 is 4.74 Å². The summed E-state index contributed by atoms with van der Waals surface area (Å²) >= 11 is 0. The van der Waals surface area contributed by atoms with E-state index in [4.69, 9.17) is 4.74 Å². The Kier molecular flexibility index (Phi) is 6.13. The molecular weight excluding hydrogens is 408 g/mol. The zero-order valence-corrected chi connectivity index (χ0v) is 17.6. The third kappa shape index (κ3) is 4.98. The maximum absolute atomic E-state index is 14.8. The van der Waals surface area contributed by atoms with Gasteiger partial charge in [0.05, 0.1) is 17.9 Å². The van der Waals surface area contributed by atoms with Crippen LogP contribution >= 0.6 is 0 Å². The number of benzene rings is 1. The lowest BCUT2D eigenvalue weighted by Gasteiger charge is -2.15. The Hall–Kier alpha value is -2.80. The minimum Gasteiger partial charge on any atom is -0.492 e. The van der Waals surface area contributed by atoms with E-state index in [9.17, 15) is 27.2 Å². The van der Waals surface area contributed by atoms with Gasteiger partial charge in [0.15, 0.2) is 0 Å². The molecule has 0 aliphatic carbocycles. The minimum absolute atomic E-state index is 0.128. The molecule has 156 valence electrons. The maximum atomic E-state index is 14.8. The van der Waals surface area contributed by atoms with E-state index in [1.165, 1.54) is 0 Å². The molecule has 0 atom stereocenters. The fraction of sp³-hybridized carbons (Fsp3) is 0.368. The van der Waals surface area contributed by atoms with Gasteiger partial charge in [-0.2, -0.15) is 13.2 Å². The summed E-state index contributed by atoms with van der Waals surface area (Å²) in [6.07, 6.45) is -4.91. The molecule has 0 bridgehead atoms. The van der Waals surface area contributed by atoms with E-state index in [0.29, 0.717) is 4.57 Å². The Labute approximate surface area is 165 Å². The normalized spacial score (nSPS) is 11.8. The van der Waals surface area contributed by atoms with Gasteiger partial charge in [-0.05, 0) is 13.0 Å². The van der Waals surface area contributed by atoms with Crippen LogP contribution in [0, 0.1) is 17.3 Å². The predicted octanol–water partition coefficient (Wildman–Crippen LogP) is 3.32. The molecule has 0 N–H and O–H groups in total. The topological polar surface area (TPSA) is 53.2 Å². The Morgan fingerprint density at radius 2 is 1.76 bits per heavy atom. The molecule has 1 aromatic heterocycles. The van der Waals surface area contributed by atoms with Crippen LogP contribution in [0.2, 0.25) is 19.6 Å². The van der Waals surface area contributed by atoms with Crippen molar-refractivity contribution in [1.29, 1.82) is 0 Å². The SMILES string of the molecule is CCOc1cc(-n2c(=O)cc(C(F)(F)F)n(C)c2=O)c(F)cc1C#C[Si](C)(C)C. The molecule has 0 spiro atoms. The Bertz CT molecular complexity index is 1120. The summed E-state index contributed by atoms with van der Waals surface area (Å²) in [6, 6.07) is 2.36.